The molecule has 0 unspecified atom stereocenters. The van der Waals surface area contributed by atoms with Gasteiger partial charge in [-0.3, -0.25) is 9.59 Å². The van der Waals surface area contributed by atoms with Gasteiger partial charge in [-0.1, -0.05) is 17.7 Å². The zero-order valence-corrected chi connectivity index (χ0v) is 15.5. The number of fused-ring (bicyclic) bond motifs is 1. The van der Waals surface area contributed by atoms with Crippen molar-refractivity contribution in [3.8, 4) is 0 Å². The average Bonchev–Trinajstić information content (AvgIpc) is 2.68. The van der Waals surface area contributed by atoms with Gasteiger partial charge in [0.2, 0.25) is 5.91 Å². The molecule has 0 spiro atoms. The SMILES string of the molecule is O=C1CCc2cc(C(=O)Nc3cccc(Cl)c3N3CCOCC3)ccc2N1. The number of ether oxygens (including phenoxy) is 1. The Morgan fingerprint density at radius 3 is 2.78 bits per heavy atom. The van der Waals surface area contributed by atoms with Crippen LogP contribution < -0.4 is 15.5 Å². The molecule has 2 heterocycles. The third kappa shape index (κ3) is 3.77. The van der Waals surface area contributed by atoms with Crippen LogP contribution in [0.3, 0.4) is 0 Å². The summed E-state index contributed by atoms with van der Waals surface area (Å²) in [5.74, 6) is -0.194. The minimum absolute atomic E-state index is 0.00813. The van der Waals surface area contributed by atoms with Crippen molar-refractivity contribution in [1.29, 1.82) is 0 Å². The number of halogens is 1. The fourth-order valence-corrected chi connectivity index (χ4v) is 3.74. The Balaban J connectivity index is 1.58. The van der Waals surface area contributed by atoms with Crippen LogP contribution in [0.15, 0.2) is 36.4 Å². The summed E-state index contributed by atoms with van der Waals surface area (Å²) in [6, 6.07) is 10.8. The molecule has 6 nitrogen and oxygen atoms in total. The lowest BCUT2D eigenvalue weighted by molar-refractivity contribution is -0.116. The molecule has 27 heavy (non-hydrogen) atoms. The largest absolute Gasteiger partial charge is 0.378 e. The van der Waals surface area contributed by atoms with E-state index in [0.29, 0.717) is 42.3 Å². The van der Waals surface area contributed by atoms with Crippen molar-refractivity contribution in [2.24, 2.45) is 0 Å². The molecule has 0 radical (unpaired) electrons. The van der Waals surface area contributed by atoms with Gasteiger partial charge in [0.05, 0.1) is 29.6 Å². The van der Waals surface area contributed by atoms with Crippen LogP contribution >= 0.6 is 11.6 Å². The van der Waals surface area contributed by atoms with E-state index in [1.165, 1.54) is 0 Å². The number of hydrogen-bond acceptors (Lipinski definition) is 4. The zero-order valence-electron chi connectivity index (χ0n) is 14.8. The highest BCUT2D eigenvalue weighted by Crippen LogP contribution is 2.35. The summed E-state index contributed by atoms with van der Waals surface area (Å²) < 4.78 is 5.41. The summed E-state index contributed by atoms with van der Waals surface area (Å²) in [5.41, 5.74) is 3.81. The van der Waals surface area contributed by atoms with Crippen molar-refractivity contribution in [3.05, 3.63) is 52.5 Å². The summed E-state index contributed by atoms with van der Waals surface area (Å²) in [6.07, 6.45) is 1.08. The summed E-state index contributed by atoms with van der Waals surface area (Å²) in [7, 11) is 0. The van der Waals surface area contributed by atoms with Gasteiger partial charge in [-0.25, -0.2) is 0 Å². The quantitative estimate of drug-likeness (QED) is 0.850. The molecule has 2 N–H and O–H groups in total. The number of morpholine rings is 1. The molecule has 7 heteroatoms. The van der Waals surface area contributed by atoms with Crippen molar-refractivity contribution in [1.82, 2.24) is 0 Å². The number of carbonyl (C=O) groups is 2. The predicted molar refractivity (Wildman–Crippen MR) is 106 cm³/mol. The smallest absolute Gasteiger partial charge is 0.255 e. The first kappa shape index (κ1) is 17.8. The Morgan fingerprint density at radius 1 is 1.15 bits per heavy atom. The molecule has 0 atom stereocenters. The molecule has 2 amide bonds. The lowest BCUT2D eigenvalue weighted by Crippen LogP contribution is -2.37. The number of nitrogens with one attached hydrogen (secondary N) is 2. The third-order valence-corrected chi connectivity index (χ3v) is 5.13. The molecule has 2 aromatic rings. The summed E-state index contributed by atoms with van der Waals surface area (Å²) in [4.78, 5) is 26.4. The second kappa shape index (κ2) is 7.58. The fourth-order valence-electron chi connectivity index (χ4n) is 3.44. The molecule has 2 aliphatic rings. The monoisotopic (exact) mass is 385 g/mol. The predicted octanol–water partition coefficient (Wildman–Crippen LogP) is 3.31. The van der Waals surface area contributed by atoms with Crippen molar-refractivity contribution < 1.29 is 14.3 Å². The van der Waals surface area contributed by atoms with Crippen LogP contribution in [0.4, 0.5) is 17.1 Å². The number of amides is 2. The molecule has 0 bridgehead atoms. The Kier molecular flexibility index (Phi) is 5.01. The fraction of sp³-hybridized carbons (Fsp3) is 0.300. The van der Waals surface area contributed by atoms with Gasteiger partial charge >= 0.3 is 0 Å². The summed E-state index contributed by atoms with van der Waals surface area (Å²) in [5, 5.41) is 6.42. The standard InChI is InChI=1S/C20H20ClN3O3/c21-15-2-1-3-17(19(15)24-8-10-27-11-9-24)23-20(26)14-4-6-16-13(12-14)5-7-18(25)22-16/h1-4,6,12H,5,7-11H2,(H,22,25)(H,23,26). The number of rotatable bonds is 3. The highest BCUT2D eigenvalue weighted by atomic mass is 35.5. The minimum atomic E-state index is -0.202. The van der Waals surface area contributed by atoms with E-state index in [1.54, 1.807) is 12.1 Å². The van der Waals surface area contributed by atoms with Crippen molar-refractivity contribution in [3.63, 3.8) is 0 Å². The average molecular weight is 386 g/mol. The molecule has 0 aromatic heterocycles. The Bertz CT molecular complexity index is 894. The molecule has 4 rings (SSSR count). The maximum Gasteiger partial charge on any atom is 0.255 e. The van der Waals surface area contributed by atoms with Crippen LogP contribution in [0.5, 0.6) is 0 Å². The van der Waals surface area contributed by atoms with E-state index in [0.717, 1.165) is 30.0 Å². The maximum atomic E-state index is 12.8. The number of nitrogens with zero attached hydrogens (tertiary/aromatic N) is 1. The van der Waals surface area contributed by atoms with Crippen LogP contribution in [0.2, 0.25) is 5.02 Å². The van der Waals surface area contributed by atoms with Gasteiger partial charge in [0.1, 0.15) is 0 Å². The number of anilines is 3. The van der Waals surface area contributed by atoms with Gasteiger partial charge in [0, 0.05) is 30.8 Å². The Hall–Kier alpha value is -2.57. The minimum Gasteiger partial charge on any atom is -0.378 e. The lowest BCUT2D eigenvalue weighted by atomic mass is 10.00. The zero-order chi connectivity index (χ0) is 18.8. The Morgan fingerprint density at radius 2 is 1.96 bits per heavy atom. The molecular formula is C20H20ClN3O3. The van der Waals surface area contributed by atoms with Crippen LogP contribution in [0, 0.1) is 0 Å². The number of hydrogen-bond donors (Lipinski definition) is 2. The van der Waals surface area contributed by atoms with Crippen LogP contribution in [-0.2, 0) is 16.0 Å². The van der Waals surface area contributed by atoms with Gasteiger partial charge in [-0.05, 0) is 42.3 Å². The first-order valence-corrected chi connectivity index (χ1v) is 9.35. The number of para-hydroxylation sites is 1. The topological polar surface area (TPSA) is 70.7 Å². The summed E-state index contributed by atoms with van der Waals surface area (Å²) >= 11 is 6.43. The van der Waals surface area contributed by atoms with Crippen molar-refractivity contribution in [2.75, 3.05) is 41.8 Å². The molecule has 1 saturated heterocycles. The van der Waals surface area contributed by atoms with E-state index in [-0.39, 0.29) is 11.8 Å². The molecule has 0 saturated carbocycles. The lowest BCUT2D eigenvalue weighted by Gasteiger charge is -2.31. The number of carbonyl (C=O) groups excluding carboxylic acids is 2. The normalized spacial score (nSPS) is 16.5. The van der Waals surface area contributed by atoms with Crippen LogP contribution in [0.25, 0.3) is 0 Å². The van der Waals surface area contributed by atoms with Gasteiger partial charge < -0.3 is 20.3 Å². The Labute approximate surface area is 162 Å². The maximum absolute atomic E-state index is 12.8. The van der Waals surface area contributed by atoms with E-state index < -0.39 is 0 Å². The van der Waals surface area contributed by atoms with Crippen LogP contribution in [-0.4, -0.2) is 38.1 Å². The summed E-state index contributed by atoms with van der Waals surface area (Å²) in [6.45, 7) is 2.72. The highest BCUT2D eigenvalue weighted by molar-refractivity contribution is 6.34. The molecular weight excluding hydrogens is 366 g/mol. The third-order valence-electron chi connectivity index (χ3n) is 4.83. The molecule has 2 aliphatic heterocycles. The van der Waals surface area contributed by atoms with Gasteiger partial charge in [-0.15, -0.1) is 0 Å². The van der Waals surface area contributed by atoms with Gasteiger partial charge in [0.15, 0.2) is 0 Å². The molecule has 1 fully saturated rings. The number of benzene rings is 2. The highest BCUT2D eigenvalue weighted by Gasteiger charge is 2.21. The number of aryl methyl sites for hydroxylation is 1. The van der Waals surface area contributed by atoms with E-state index in [1.807, 2.05) is 24.3 Å². The van der Waals surface area contributed by atoms with E-state index in [2.05, 4.69) is 15.5 Å². The molecule has 2 aromatic carbocycles. The van der Waals surface area contributed by atoms with E-state index in [4.69, 9.17) is 16.3 Å². The van der Waals surface area contributed by atoms with E-state index >= 15 is 0 Å². The van der Waals surface area contributed by atoms with Crippen molar-refractivity contribution in [2.45, 2.75) is 12.8 Å². The van der Waals surface area contributed by atoms with E-state index in [9.17, 15) is 9.59 Å². The first-order chi connectivity index (χ1) is 13.1. The van der Waals surface area contributed by atoms with Gasteiger partial charge in [-0.2, -0.15) is 0 Å². The molecule has 140 valence electrons. The van der Waals surface area contributed by atoms with Crippen molar-refractivity contribution >= 4 is 40.5 Å². The second-order valence-corrected chi connectivity index (χ2v) is 7.02. The van der Waals surface area contributed by atoms with Gasteiger partial charge in [0.25, 0.3) is 5.91 Å². The molecule has 0 aliphatic carbocycles. The van der Waals surface area contributed by atoms with Crippen LogP contribution in [0.1, 0.15) is 22.3 Å². The first-order valence-electron chi connectivity index (χ1n) is 8.97. The second-order valence-electron chi connectivity index (χ2n) is 6.61.